The lowest BCUT2D eigenvalue weighted by Crippen LogP contribution is -2.28. The molecule has 0 saturated carbocycles. The van der Waals surface area contributed by atoms with Gasteiger partial charge in [-0.1, -0.05) is 0 Å². The van der Waals surface area contributed by atoms with Crippen molar-refractivity contribution in [2.45, 2.75) is 58.6 Å². The van der Waals surface area contributed by atoms with Gasteiger partial charge in [0, 0.05) is 24.5 Å². The fourth-order valence-electron chi connectivity index (χ4n) is 1.86. The first-order valence-corrected chi connectivity index (χ1v) is 6.37. The molecule has 1 heterocycles. The van der Waals surface area contributed by atoms with Crippen LogP contribution in [0.1, 0.15) is 38.6 Å². The second-order valence-electron chi connectivity index (χ2n) is 4.39. The normalized spacial score (nSPS) is 15.1. The molecular weight excluding hydrogens is 222 g/mol. The van der Waals surface area contributed by atoms with E-state index in [9.17, 15) is 0 Å². The minimum Gasteiger partial charge on any atom is -0.309 e. The molecular formula is C12H22ClN3. The summed E-state index contributed by atoms with van der Waals surface area (Å²) < 4.78 is 2.04. The fraction of sp³-hybridized carbons (Fsp3) is 0.750. The molecule has 2 unspecified atom stereocenters. The Bertz CT molecular complexity index is 320. The zero-order valence-corrected chi connectivity index (χ0v) is 11.4. The van der Waals surface area contributed by atoms with Crippen molar-refractivity contribution in [2.24, 2.45) is 0 Å². The first-order valence-electron chi connectivity index (χ1n) is 5.93. The summed E-state index contributed by atoms with van der Waals surface area (Å²) in [4.78, 5) is 0. The van der Waals surface area contributed by atoms with Gasteiger partial charge in [0.2, 0.25) is 0 Å². The molecule has 0 saturated heterocycles. The van der Waals surface area contributed by atoms with Crippen molar-refractivity contribution in [3.63, 3.8) is 0 Å². The standard InChI is InChI=1S/C12H22ClN3/c1-5-16-12(7-11(4)15-16)8-14-10(3)6-9(2)13/h7,9-10,14H,5-6,8H2,1-4H3. The SMILES string of the molecule is CCn1nc(C)cc1CNC(C)CC(C)Cl. The first kappa shape index (κ1) is 13.5. The van der Waals surface area contributed by atoms with E-state index in [0.29, 0.717) is 6.04 Å². The Morgan fingerprint density at radius 3 is 2.75 bits per heavy atom. The van der Waals surface area contributed by atoms with Crippen molar-refractivity contribution in [1.82, 2.24) is 15.1 Å². The van der Waals surface area contributed by atoms with Gasteiger partial charge in [-0.2, -0.15) is 5.10 Å². The molecule has 2 atom stereocenters. The molecule has 1 rings (SSSR count). The van der Waals surface area contributed by atoms with Crippen LogP contribution in [0.25, 0.3) is 0 Å². The topological polar surface area (TPSA) is 29.9 Å². The monoisotopic (exact) mass is 243 g/mol. The quantitative estimate of drug-likeness (QED) is 0.779. The van der Waals surface area contributed by atoms with E-state index < -0.39 is 0 Å². The predicted octanol–water partition coefficient (Wildman–Crippen LogP) is 2.71. The second kappa shape index (κ2) is 6.26. The van der Waals surface area contributed by atoms with Crippen molar-refractivity contribution in [3.8, 4) is 0 Å². The molecule has 1 N–H and O–H groups in total. The number of hydrogen-bond donors (Lipinski definition) is 1. The van der Waals surface area contributed by atoms with E-state index in [4.69, 9.17) is 11.6 Å². The molecule has 0 aliphatic carbocycles. The molecule has 0 radical (unpaired) electrons. The number of aryl methyl sites for hydroxylation is 2. The van der Waals surface area contributed by atoms with Crippen LogP contribution in [0.3, 0.4) is 0 Å². The average molecular weight is 244 g/mol. The zero-order valence-electron chi connectivity index (χ0n) is 10.6. The summed E-state index contributed by atoms with van der Waals surface area (Å²) in [6.45, 7) is 10.1. The molecule has 4 heteroatoms. The lowest BCUT2D eigenvalue weighted by atomic mass is 10.2. The van der Waals surface area contributed by atoms with Crippen LogP contribution in [0, 0.1) is 6.92 Å². The van der Waals surface area contributed by atoms with Gasteiger partial charge in [-0.25, -0.2) is 0 Å². The Morgan fingerprint density at radius 2 is 2.19 bits per heavy atom. The van der Waals surface area contributed by atoms with Gasteiger partial charge in [0.1, 0.15) is 0 Å². The van der Waals surface area contributed by atoms with Crippen LogP contribution in [-0.4, -0.2) is 21.2 Å². The summed E-state index contributed by atoms with van der Waals surface area (Å²) in [6.07, 6.45) is 0.987. The fourth-order valence-corrected chi connectivity index (χ4v) is 2.13. The summed E-state index contributed by atoms with van der Waals surface area (Å²) in [5.74, 6) is 0. The largest absolute Gasteiger partial charge is 0.309 e. The molecule has 0 fully saturated rings. The summed E-state index contributed by atoms with van der Waals surface area (Å²) in [5, 5.41) is 8.11. The lowest BCUT2D eigenvalue weighted by molar-refractivity contribution is 0.490. The molecule has 0 bridgehead atoms. The van der Waals surface area contributed by atoms with Gasteiger partial charge in [0.25, 0.3) is 0 Å². The maximum atomic E-state index is 5.96. The van der Waals surface area contributed by atoms with Gasteiger partial charge in [-0.05, 0) is 40.2 Å². The third-order valence-electron chi connectivity index (χ3n) is 2.60. The first-order chi connectivity index (χ1) is 7.52. The number of rotatable bonds is 6. The summed E-state index contributed by atoms with van der Waals surface area (Å²) in [6, 6.07) is 2.57. The van der Waals surface area contributed by atoms with Crippen molar-refractivity contribution >= 4 is 11.6 Å². The molecule has 3 nitrogen and oxygen atoms in total. The van der Waals surface area contributed by atoms with Gasteiger partial charge in [0.15, 0.2) is 0 Å². The Labute approximate surface area is 103 Å². The van der Waals surface area contributed by atoms with Crippen LogP contribution in [-0.2, 0) is 13.1 Å². The smallest absolute Gasteiger partial charge is 0.0597 e. The van der Waals surface area contributed by atoms with Gasteiger partial charge in [0.05, 0.1) is 11.4 Å². The van der Waals surface area contributed by atoms with E-state index >= 15 is 0 Å². The second-order valence-corrected chi connectivity index (χ2v) is 5.14. The van der Waals surface area contributed by atoms with E-state index in [1.807, 2.05) is 18.5 Å². The summed E-state index contributed by atoms with van der Waals surface area (Å²) >= 11 is 5.96. The Balaban J connectivity index is 2.47. The van der Waals surface area contributed by atoms with E-state index in [1.54, 1.807) is 0 Å². The van der Waals surface area contributed by atoms with E-state index in [1.165, 1.54) is 5.69 Å². The molecule has 0 aliphatic rings. The number of aromatic nitrogens is 2. The summed E-state index contributed by atoms with van der Waals surface area (Å²) in [5.41, 5.74) is 2.33. The minimum atomic E-state index is 0.223. The van der Waals surface area contributed by atoms with Crippen LogP contribution < -0.4 is 5.32 Å². The van der Waals surface area contributed by atoms with Crippen molar-refractivity contribution in [1.29, 1.82) is 0 Å². The minimum absolute atomic E-state index is 0.223. The third kappa shape index (κ3) is 4.14. The number of hydrogen-bond acceptors (Lipinski definition) is 2. The van der Waals surface area contributed by atoms with Crippen LogP contribution in [0.2, 0.25) is 0 Å². The highest BCUT2D eigenvalue weighted by atomic mass is 35.5. The van der Waals surface area contributed by atoms with E-state index in [-0.39, 0.29) is 5.38 Å². The molecule has 16 heavy (non-hydrogen) atoms. The number of nitrogens with zero attached hydrogens (tertiary/aromatic N) is 2. The Kier molecular flexibility index (Phi) is 5.29. The molecule has 0 aliphatic heterocycles. The molecule has 0 amide bonds. The molecule has 0 aromatic carbocycles. The Morgan fingerprint density at radius 1 is 1.50 bits per heavy atom. The van der Waals surface area contributed by atoms with Crippen molar-refractivity contribution in [2.75, 3.05) is 0 Å². The number of nitrogens with one attached hydrogen (secondary N) is 1. The van der Waals surface area contributed by atoms with E-state index in [0.717, 1.165) is 25.2 Å². The van der Waals surface area contributed by atoms with Crippen molar-refractivity contribution in [3.05, 3.63) is 17.5 Å². The molecule has 1 aromatic rings. The summed E-state index contributed by atoms with van der Waals surface area (Å²) in [7, 11) is 0. The molecule has 1 aromatic heterocycles. The van der Waals surface area contributed by atoms with Gasteiger partial charge < -0.3 is 5.32 Å². The van der Waals surface area contributed by atoms with Crippen molar-refractivity contribution < 1.29 is 0 Å². The maximum absolute atomic E-state index is 5.96. The van der Waals surface area contributed by atoms with Crippen LogP contribution in [0.15, 0.2) is 6.07 Å². The average Bonchev–Trinajstić information content (AvgIpc) is 2.55. The van der Waals surface area contributed by atoms with Gasteiger partial charge in [-0.15, -0.1) is 11.6 Å². The Hall–Kier alpha value is -0.540. The lowest BCUT2D eigenvalue weighted by Gasteiger charge is -2.15. The molecule has 92 valence electrons. The number of alkyl halides is 1. The van der Waals surface area contributed by atoms with E-state index in [2.05, 4.69) is 30.3 Å². The van der Waals surface area contributed by atoms with Gasteiger partial charge >= 0.3 is 0 Å². The highest BCUT2D eigenvalue weighted by Crippen LogP contribution is 2.07. The highest BCUT2D eigenvalue weighted by molar-refractivity contribution is 6.20. The van der Waals surface area contributed by atoms with Crippen LogP contribution >= 0.6 is 11.6 Å². The molecule has 0 spiro atoms. The van der Waals surface area contributed by atoms with Gasteiger partial charge in [-0.3, -0.25) is 4.68 Å². The maximum Gasteiger partial charge on any atom is 0.0597 e. The predicted molar refractivity (Wildman–Crippen MR) is 68.9 cm³/mol. The highest BCUT2D eigenvalue weighted by Gasteiger charge is 2.08. The van der Waals surface area contributed by atoms with Crippen LogP contribution in [0.5, 0.6) is 0 Å². The third-order valence-corrected chi connectivity index (χ3v) is 2.77. The zero-order chi connectivity index (χ0) is 12.1. The van der Waals surface area contributed by atoms with Crippen LogP contribution in [0.4, 0.5) is 0 Å². The number of halogens is 1.